The average molecular weight is 452 g/mol. The number of rotatable bonds is 3. The van der Waals surface area contributed by atoms with Crippen LogP contribution in [-0.2, 0) is 6.42 Å². The fourth-order valence-corrected chi connectivity index (χ4v) is 3.05. The zero-order chi connectivity index (χ0) is 14.0. The number of aromatic nitrogens is 2. The molecule has 0 atom stereocenters. The Kier molecular flexibility index (Phi) is 5.20. The predicted octanol–water partition coefficient (Wildman–Crippen LogP) is 5.21. The van der Waals surface area contributed by atoms with Gasteiger partial charge in [0, 0.05) is 10.9 Å². The maximum atomic E-state index is 6.19. The van der Waals surface area contributed by atoms with Crippen LogP contribution < -0.4 is 0 Å². The summed E-state index contributed by atoms with van der Waals surface area (Å²) in [6, 6.07) is 8.17. The Morgan fingerprint density at radius 3 is 2.42 bits per heavy atom. The summed E-state index contributed by atoms with van der Waals surface area (Å²) in [5.74, 6) is 1.12. The second kappa shape index (κ2) is 6.50. The molecule has 0 bridgehead atoms. The van der Waals surface area contributed by atoms with Gasteiger partial charge in [0.15, 0.2) is 0 Å². The van der Waals surface area contributed by atoms with Gasteiger partial charge in [-0.3, -0.25) is 0 Å². The van der Waals surface area contributed by atoms with Crippen LogP contribution >= 0.6 is 50.1 Å². The van der Waals surface area contributed by atoms with Gasteiger partial charge in [-0.05, 0) is 46.2 Å². The Morgan fingerprint density at radius 1 is 1.21 bits per heavy atom. The van der Waals surface area contributed by atoms with E-state index in [0.717, 1.165) is 19.6 Å². The van der Waals surface area contributed by atoms with Crippen LogP contribution in [0.2, 0.25) is 5.15 Å². The molecule has 0 radical (unpaired) electrons. The molecule has 2 nitrogen and oxygen atoms in total. The number of halogens is 3. The van der Waals surface area contributed by atoms with E-state index in [9.17, 15) is 0 Å². The maximum Gasteiger partial charge on any atom is 0.146 e. The van der Waals surface area contributed by atoms with Gasteiger partial charge in [-0.25, -0.2) is 9.97 Å². The minimum absolute atomic E-state index is 0.344. The number of hydrogen-bond acceptors (Lipinski definition) is 2. The van der Waals surface area contributed by atoms with Crippen LogP contribution in [0, 0.1) is 3.57 Å². The van der Waals surface area contributed by atoms with E-state index in [0.29, 0.717) is 17.5 Å². The third-order valence-corrected chi connectivity index (χ3v) is 4.89. The summed E-state index contributed by atoms with van der Waals surface area (Å²) in [5.41, 5.74) is 2.20. The molecular weight excluding hydrogens is 438 g/mol. The third kappa shape index (κ3) is 3.89. The van der Waals surface area contributed by atoms with Gasteiger partial charge in [0.05, 0.1) is 9.26 Å². The van der Waals surface area contributed by atoms with Gasteiger partial charge in [-0.2, -0.15) is 0 Å². The molecule has 1 aromatic heterocycles. The summed E-state index contributed by atoms with van der Waals surface area (Å²) in [6.45, 7) is 4.23. The lowest BCUT2D eigenvalue weighted by atomic mass is 10.1. The molecule has 0 aliphatic heterocycles. The van der Waals surface area contributed by atoms with Crippen molar-refractivity contribution in [2.45, 2.75) is 26.2 Å². The molecule has 100 valence electrons. The fourth-order valence-electron chi connectivity index (χ4n) is 1.73. The van der Waals surface area contributed by atoms with Crippen molar-refractivity contribution >= 4 is 50.1 Å². The van der Waals surface area contributed by atoms with Gasteiger partial charge < -0.3 is 0 Å². The first-order chi connectivity index (χ1) is 8.97. The van der Waals surface area contributed by atoms with Crippen molar-refractivity contribution in [3.8, 4) is 0 Å². The van der Waals surface area contributed by atoms with Crippen LogP contribution in [0.1, 0.15) is 36.8 Å². The lowest BCUT2D eigenvalue weighted by Crippen LogP contribution is -2.05. The van der Waals surface area contributed by atoms with E-state index in [1.807, 2.05) is 12.1 Å². The first kappa shape index (κ1) is 15.2. The lowest BCUT2D eigenvalue weighted by Gasteiger charge is -2.11. The topological polar surface area (TPSA) is 25.8 Å². The molecule has 0 aliphatic rings. The van der Waals surface area contributed by atoms with Crippen molar-refractivity contribution < 1.29 is 0 Å². The summed E-state index contributed by atoms with van der Waals surface area (Å²) in [7, 11) is 0. The van der Waals surface area contributed by atoms with E-state index in [1.54, 1.807) is 0 Å². The Bertz CT molecular complexity index is 585. The molecule has 0 amide bonds. The van der Waals surface area contributed by atoms with Crippen LogP contribution in [0.15, 0.2) is 28.7 Å². The molecule has 1 aromatic carbocycles. The van der Waals surface area contributed by atoms with Crippen molar-refractivity contribution in [2.75, 3.05) is 0 Å². The third-order valence-electron chi connectivity index (χ3n) is 2.71. The summed E-state index contributed by atoms with van der Waals surface area (Å²) >= 11 is 11.8. The molecule has 5 heteroatoms. The van der Waals surface area contributed by atoms with Crippen molar-refractivity contribution in [2.24, 2.45) is 0 Å². The fraction of sp³-hybridized carbons (Fsp3) is 0.286. The van der Waals surface area contributed by atoms with Gasteiger partial charge >= 0.3 is 0 Å². The Morgan fingerprint density at radius 2 is 1.84 bits per heavy atom. The second-order valence-corrected chi connectivity index (χ2v) is 6.94. The Hall–Kier alpha value is -0.200. The predicted molar refractivity (Wildman–Crippen MR) is 90.8 cm³/mol. The number of hydrogen-bond donors (Lipinski definition) is 0. The highest BCUT2D eigenvalue weighted by Crippen LogP contribution is 2.25. The highest BCUT2D eigenvalue weighted by molar-refractivity contribution is 14.1. The number of benzene rings is 1. The first-order valence-electron chi connectivity index (χ1n) is 5.93. The summed E-state index contributed by atoms with van der Waals surface area (Å²) in [5, 5.41) is 0.548. The van der Waals surface area contributed by atoms with E-state index >= 15 is 0 Å². The minimum Gasteiger partial charge on any atom is -0.236 e. The zero-order valence-corrected chi connectivity index (χ0v) is 15.1. The Balaban J connectivity index is 2.33. The smallest absolute Gasteiger partial charge is 0.146 e. The molecule has 1 heterocycles. The first-order valence-corrected chi connectivity index (χ1v) is 8.18. The van der Waals surface area contributed by atoms with Gasteiger partial charge in [0.2, 0.25) is 0 Å². The molecule has 0 N–H and O–H groups in total. The minimum atomic E-state index is 0.344. The van der Waals surface area contributed by atoms with E-state index in [4.69, 9.17) is 11.6 Å². The van der Waals surface area contributed by atoms with E-state index in [-0.39, 0.29) is 0 Å². The van der Waals surface area contributed by atoms with Crippen molar-refractivity contribution in [1.29, 1.82) is 0 Å². The van der Waals surface area contributed by atoms with Crippen LogP contribution in [0.5, 0.6) is 0 Å². The van der Waals surface area contributed by atoms with Gasteiger partial charge in [0.1, 0.15) is 11.0 Å². The van der Waals surface area contributed by atoms with Crippen LogP contribution in [0.25, 0.3) is 0 Å². The molecule has 2 rings (SSSR count). The monoisotopic (exact) mass is 450 g/mol. The molecular formula is C14H13BrClIN2. The molecule has 2 aromatic rings. The average Bonchev–Trinajstić information content (AvgIpc) is 2.36. The van der Waals surface area contributed by atoms with E-state index in [1.165, 1.54) is 5.56 Å². The SMILES string of the molecule is CC(C)c1nc(Cc2ccc(Br)cc2)nc(Cl)c1I. The largest absolute Gasteiger partial charge is 0.236 e. The van der Waals surface area contributed by atoms with Gasteiger partial charge in [-0.15, -0.1) is 0 Å². The molecule has 0 unspecified atom stereocenters. The molecule has 0 spiro atoms. The van der Waals surface area contributed by atoms with Crippen LogP contribution in [0.4, 0.5) is 0 Å². The van der Waals surface area contributed by atoms with Crippen LogP contribution in [-0.4, -0.2) is 9.97 Å². The normalized spacial score (nSPS) is 11.1. The molecule has 0 saturated heterocycles. The second-order valence-electron chi connectivity index (χ2n) is 4.59. The highest BCUT2D eigenvalue weighted by Gasteiger charge is 2.13. The summed E-state index contributed by atoms with van der Waals surface area (Å²) in [4.78, 5) is 9.00. The van der Waals surface area contributed by atoms with Gasteiger partial charge in [0.25, 0.3) is 0 Å². The summed E-state index contributed by atoms with van der Waals surface area (Å²) < 4.78 is 2.02. The van der Waals surface area contributed by atoms with Crippen molar-refractivity contribution in [3.63, 3.8) is 0 Å². The molecule has 0 fully saturated rings. The zero-order valence-electron chi connectivity index (χ0n) is 10.6. The van der Waals surface area contributed by atoms with Crippen molar-refractivity contribution in [3.05, 3.63) is 54.5 Å². The molecule has 19 heavy (non-hydrogen) atoms. The summed E-state index contributed by atoms with van der Waals surface area (Å²) in [6.07, 6.45) is 0.698. The van der Waals surface area contributed by atoms with Crippen molar-refractivity contribution in [1.82, 2.24) is 9.97 Å². The van der Waals surface area contributed by atoms with Gasteiger partial charge in [-0.1, -0.05) is 53.5 Å². The molecule has 0 aliphatic carbocycles. The Labute approximate surface area is 140 Å². The quantitative estimate of drug-likeness (QED) is 0.473. The standard InChI is InChI=1S/C14H13BrClIN2/c1-8(2)13-12(17)14(16)19-11(18-13)7-9-3-5-10(15)6-4-9/h3-6,8H,7H2,1-2H3. The number of nitrogens with zero attached hydrogens (tertiary/aromatic N) is 2. The van der Waals surface area contributed by atoms with E-state index < -0.39 is 0 Å². The highest BCUT2D eigenvalue weighted by atomic mass is 127. The molecule has 0 saturated carbocycles. The van der Waals surface area contributed by atoms with Crippen LogP contribution in [0.3, 0.4) is 0 Å². The van der Waals surface area contributed by atoms with E-state index in [2.05, 4.69) is 74.5 Å². The lowest BCUT2D eigenvalue weighted by molar-refractivity contribution is 0.783. The maximum absolute atomic E-state index is 6.19.